The van der Waals surface area contributed by atoms with Gasteiger partial charge in [0.2, 0.25) is 0 Å². The van der Waals surface area contributed by atoms with E-state index in [-0.39, 0.29) is 18.2 Å². The van der Waals surface area contributed by atoms with Crippen LogP contribution in [0.2, 0.25) is 0 Å². The highest BCUT2D eigenvalue weighted by atomic mass is 35.5. The van der Waals surface area contributed by atoms with E-state index in [1.54, 1.807) is 0 Å². The van der Waals surface area contributed by atoms with E-state index < -0.39 is 11.7 Å². The van der Waals surface area contributed by atoms with Gasteiger partial charge >= 0.3 is 6.18 Å². The Hall–Kier alpha value is -0.940. The summed E-state index contributed by atoms with van der Waals surface area (Å²) in [7, 11) is 0. The maximum absolute atomic E-state index is 12.2. The molecule has 3 N–H and O–H groups in total. The van der Waals surface area contributed by atoms with Gasteiger partial charge in [-0.1, -0.05) is 6.07 Å². The van der Waals surface area contributed by atoms with Crippen molar-refractivity contribution in [2.75, 3.05) is 13.2 Å². The lowest BCUT2D eigenvalue weighted by atomic mass is 10.2. The Morgan fingerprint density at radius 2 is 1.93 bits per heavy atom. The van der Waals surface area contributed by atoms with Crippen molar-refractivity contribution in [2.24, 2.45) is 0 Å². The van der Waals surface area contributed by atoms with Gasteiger partial charge in [0.05, 0.1) is 5.56 Å². The fraction of sp³-hybridized carbons (Fsp3) is 0.333. The predicted molar refractivity (Wildman–Crippen MR) is 44.7 cm³/mol. The molecule has 0 spiro atoms. The summed E-state index contributed by atoms with van der Waals surface area (Å²) in [5.74, 6) is 0.225. The number of halogens is 4. The molecule has 0 amide bonds. The number of rotatable bonds is 3. The maximum atomic E-state index is 12.2. The first-order chi connectivity index (χ1) is 6.54. The van der Waals surface area contributed by atoms with E-state index in [2.05, 4.69) is 5.73 Å². The molecule has 0 aromatic heterocycles. The highest BCUT2D eigenvalue weighted by Gasteiger charge is 2.30. The van der Waals surface area contributed by atoms with Crippen LogP contribution in [0.25, 0.3) is 0 Å². The standard InChI is InChI=1S/C9H10F3NO.ClH/c10-9(11,12)7-2-1-3-8(6-7)14-5-4-13;/h1-3,6H,4-5,13H2;1H. The van der Waals surface area contributed by atoms with Gasteiger partial charge in [-0.3, -0.25) is 0 Å². The first-order valence-electron chi connectivity index (χ1n) is 4.13. The summed E-state index contributed by atoms with van der Waals surface area (Å²) >= 11 is 0. The van der Waals surface area contributed by atoms with Crippen LogP contribution in [0, 0.1) is 0 Å². The zero-order valence-corrected chi connectivity index (χ0v) is 8.61. The molecule has 1 aromatic rings. The fourth-order valence-electron chi connectivity index (χ4n) is 0.952. The van der Waals surface area contributed by atoms with E-state index in [9.17, 15) is 13.2 Å². The molecule has 2 nitrogen and oxygen atoms in total. The molecular formula is C9H11ClF3NO. The van der Waals surface area contributed by atoms with Gasteiger partial charge in [0.1, 0.15) is 18.9 Å². The van der Waals surface area contributed by atoms with Crippen molar-refractivity contribution in [2.45, 2.75) is 6.18 Å². The van der Waals surface area contributed by atoms with Gasteiger partial charge in [0, 0.05) is 0 Å². The van der Waals surface area contributed by atoms with Crippen LogP contribution >= 0.6 is 0 Å². The summed E-state index contributed by atoms with van der Waals surface area (Å²) in [6, 6.07) is 4.80. The fourth-order valence-corrected chi connectivity index (χ4v) is 0.952. The van der Waals surface area contributed by atoms with Crippen molar-refractivity contribution >= 4 is 0 Å². The molecule has 0 atom stereocenters. The number of hydrogen-bond donors (Lipinski definition) is 1. The second-order valence-corrected chi connectivity index (χ2v) is 2.73. The maximum Gasteiger partial charge on any atom is 0.416 e. The molecule has 86 valence electrons. The molecule has 0 aliphatic rings. The van der Waals surface area contributed by atoms with Gasteiger partial charge in [-0.25, -0.2) is 0 Å². The Morgan fingerprint density at radius 1 is 1.27 bits per heavy atom. The lowest BCUT2D eigenvalue weighted by molar-refractivity contribution is -0.370. The number of benzene rings is 1. The molecule has 6 heteroatoms. The topological polar surface area (TPSA) is 36.9 Å². The second kappa shape index (κ2) is 5.82. The first-order valence-corrected chi connectivity index (χ1v) is 4.13. The Labute approximate surface area is 91.6 Å². The third-order valence-electron chi connectivity index (χ3n) is 1.57. The molecular weight excluding hydrogens is 231 g/mol. The van der Waals surface area contributed by atoms with Crippen LogP contribution in [0.15, 0.2) is 24.3 Å². The van der Waals surface area contributed by atoms with Crippen LogP contribution in [0.1, 0.15) is 5.56 Å². The van der Waals surface area contributed by atoms with Gasteiger partial charge in [-0.2, -0.15) is 13.2 Å². The third-order valence-corrected chi connectivity index (χ3v) is 1.57. The lowest BCUT2D eigenvalue weighted by Crippen LogP contribution is -3.00. The minimum atomic E-state index is -4.32. The van der Waals surface area contributed by atoms with Crippen LogP contribution in [0.5, 0.6) is 5.75 Å². The average Bonchev–Trinajstić information content (AvgIpc) is 2.14. The van der Waals surface area contributed by atoms with Crippen LogP contribution < -0.4 is 22.9 Å². The van der Waals surface area contributed by atoms with E-state index in [0.717, 1.165) is 12.1 Å². The van der Waals surface area contributed by atoms with Crippen molar-refractivity contribution in [1.82, 2.24) is 0 Å². The molecule has 0 radical (unpaired) electrons. The van der Waals surface area contributed by atoms with E-state index in [0.29, 0.717) is 13.2 Å². The molecule has 0 saturated heterocycles. The Bertz CT molecular complexity index is 304. The van der Waals surface area contributed by atoms with Gasteiger partial charge < -0.3 is 22.9 Å². The Kier molecular flexibility index (Phi) is 5.46. The van der Waals surface area contributed by atoms with E-state index in [4.69, 9.17) is 4.74 Å². The largest absolute Gasteiger partial charge is 1.00 e. The first kappa shape index (κ1) is 14.1. The van der Waals surface area contributed by atoms with Crippen molar-refractivity contribution in [1.29, 1.82) is 0 Å². The smallest absolute Gasteiger partial charge is 0.416 e. The van der Waals surface area contributed by atoms with Crippen molar-refractivity contribution in [3.8, 4) is 5.75 Å². The van der Waals surface area contributed by atoms with Crippen LogP contribution in [0.4, 0.5) is 13.2 Å². The number of quaternary nitrogens is 1. The monoisotopic (exact) mass is 241 g/mol. The third kappa shape index (κ3) is 4.40. The normalized spacial score (nSPS) is 10.7. The van der Waals surface area contributed by atoms with E-state index in [1.165, 1.54) is 12.1 Å². The minimum absolute atomic E-state index is 0. The molecule has 1 rings (SSSR count). The summed E-state index contributed by atoms with van der Waals surface area (Å²) in [6.07, 6.45) is -4.32. The van der Waals surface area contributed by atoms with Crippen molar-refractivity contribution < 1.29 is 36.0 Å². The molecule has 0 bridgehead atoms. The summed E-state index contributed by atoms with van der Waals surface area (Å²) < 4.78 is 41.7. The van der Waals surface area contributed by atoms with Gasteiger partial charge in [-0.05, 0) is 18.2 Å². The predicted octanol–water partition coefficient (Wildman–Crippen LogP) is -1.67. The number of hydrogen-bond acceptors (Lipinski definition) is 1. The zero-order valence-electron chi connectivity index (χ0n) is 7.85. The van der Waals surface area contributed by atoms with Gasteiger partial charge in [0.25, 0.3) is 0 Å². The van der Waals surface area contributed by atoms with Gasteiger partial charge in [-0.15, -0.1) is 0 Å². The highest BCUT2D eigenvalue weighted by Crippen LogP contribution is 2.31. The molecule has 0 saturated carbocycles. The number of ether oxygens (including phenoxy) is 1. The van der Waals surface area contributed by atoms with E-state index >= 15 is 0 Å². The summed E-state index contributed by atoms with van der Waals surface area (Å²) in [5, 5.41) is 0. The summed E-state index contributed by atoms with van der Waals surface area (Å²) in [5.41, 5.74) is 2.83. The molecule has 15 heavy (non-hydrogen) atoms. The summed E-state index contributed by atoms with van der Waals surface area (Å²) in [4.78, 5) is 0. The van der Waals surface area contributed by atoms with Crippen molar-refractivity contribution in [3.63, 3.8) is 0 Å². The highest BCUT2D eigenvalue weighted by molar-refractivity contribution is 5.30. The zero-order chi connectivity index (χ0) is 10.6. The second-order valence-electron chi connectivity index (χ2n) is 2.73. The lowest BCUT2D eigenvalue weighted by Gasteiger charge is -2.08. The van der Waals surface area contributed by atoms with Crippen LogP contribution in [-0.4, -0.2) is 13.2 Å². The molecule has 0 fully saturated rings. The van der Waals surface area contributed by atoms with Crippen LogP contribution in [0.3, 0.4) is 0 Å². The molecule has 0 unspecified atom stereocenters. The molecule has 0 heterocycles. The molecule has 0 aliphatic heterocycles. The molecule has 0 aliphatic carbocycles. The Balaban J connectivity index is 0.00000196. The SMILES string of the molecule is [Cl-].[NH3+]CCOc1cccc(C(F)(F)F)c1. The van der Waals surface area contributed by atoms with Crippen LogP contribution in [-0.2, 0) is 6.18 Å². The number of alkyl halides is 3. The molecule has 1 aromatic carbocycles. The van der Waals surface area contributed by atoms with E-state index in [1.807, 2.05) is 0 Å². The average molecular weight is 242 g/mol. The quantitative estimate of drug-likeness (QED) is 0.675. The summed E-state index contributed by atoms with van der Waals surface area (Å²) in [6.45, 7) is 0.845. The Morgan fingerprint density at radius 3 is 2.47 bits per heavy atom. The van der Waals surface area contributed by atoms with Crippen molar-refractivity contribution in [3.05, 3.63) is 29.8 Å². The minimum Gasteiger partial charge on any atom is -1.00 e. The van der Waals surface area contributed by atoms with Gasteiger partial charge in [0.15, 0.2) is 0 Å².